The SMILES string of the molecule is C[C@@H](CC1CCCCCC1)NCc1ccccc1N1CCc2cc(S(N)(=O)=O)ccc2C1. The van der Waals surface area contributed by atoms with Crippen LogP contribution in [0.2, 0.25) is 0 Å². The molecule has 2 aliphatic rings. The van der Waals surface area contributed by atoms with E-state index in [0.29, 0.717) is 6.04 Å². The summed E-state index contributed by atoms with van der Waals surface area (Å²) in [5.74, 6) is 0.871. The fraction of sp³-hybridized carbons (Fsp3) is 0.538. The highest BCUT2D eigenvalue weighted by Crippen LogP contribution is 2.29. The molecule has 1 aliphatic carbocycles. The summed E-state index contributed by atoms with van der Waals surface area (Å²) in [4.78, 5) is 2.61. The number of hydrogen-bond acceptors (Lipinski definition) is 4. The van der Waals surface area contributed by atoms with Gasteiger partial charge >= 0.3 is 0 Å². The van der Waals surface area contributed by atoms with Gasteiger partial charge in [0.2, 0.25) is 10.0 Å². The van der Waals surface area contributed by atoms with Crippen molar-refractivity contribution >= 4 is 15.7 Å². The van der Waals surface area contributed by atoms with Gasteiger partial charge in [-0.15, -0.1) is 0 Å². The van der Waals surface area contributed by atoms with Crippen LogP contribution in [0, 0.1) is 5.92 Å². The van der Waals surface area contributed by atoms with Gasteiger partial charge in [-0.3, -0.25) is 0 Å². The van der Waals surface area contributed by atoms with Crippen LogP contribution in [0.5, 0.6) is 0 Å². The predicted molar refractivity (Wildman–Crippen MR) is 131 cm³/mol. The first-order valence-electron chi connectivity index (χ1n) is 12.1. The number of sulfonamides is 1. The number of nitrogens with two attached hydrogens (primary N) is 1. The van der Waals surface area contributed by atoms with E-state index >= 15 is 0 Å². The molecule has 0 saturated heterocycles. The van der Waals surface area contributed by atoms with Gasteiger partial charge in [-0.2, -0.15) is 0 Å². The number of primary sulfonamides is 1. The van der Waals surface area contributed by atoms with Crippen molar-refractivity contribution in [1.82, 2.24) is 5.32 Å². The van der Waals surface area contributed by atoms with E-state index < -0.39 is 10.0 Å². The standard InChI is InChI=1S/C26H37N3O2S/c1-20(16-21-8-4-2-3-5-9-21)28-18-23-10-6-7-11-26(23)29-15-14-22-17-25(32(27,30)31)13-12-24(22)19-29/h6-7,10-13,17,20-21,28H,2-5,8-9,14-16,18-19H2,1H3,(H2,27,30,31)/t20-/m0/s1. The van der Waals surface area contributed by atoms with Gasteiger partial charge in [-0.1, -0.05) is 62.8 Å². The van der Waals surface area contributed by atoms with Crippen LogP contribution in [-0.2, 0) is 29.5 Å². The second kappa shape index (κ2) is 10.4. The van der Waals surface area contributed by atoms with Crippen LogP contribution in [0.15, 0.2) is 47.4 Å². The third-order valence-corrected chi connectivity index (χ3v) is 8.06. The van der Waals surface area contributed by atoms with Crippen molar-refractivity contribution in [3.05, 3.63) is 59.2 Å². The zero-order valence-corrected chi connectivity index (χ0v) is 20.0. The number of fused-ring (bicyclic) bond motifs is 1. The topological polar surface area (TPSA) is 75.4 Å². The maximum absolute atomic E-state index is 11.7. The molecule has 6 heteroatoms. The summed E-state index contributed by atoms with van der Waals surface area (Å²) in [7, 11) is -3.66. The maximum Gasteiger partial charge on any atom is 0.238 e. The Bertz CT molecular complexity index is 1010. The molecule has 174 valence electrons. The molecule has 5 nitrogen and oxygen atoms in total. The van der Waals surface area contributed by atoms with Crippen LogP contribution in [0.4, 0.5) is 5.69 Å². The van der Waals surface area contributed by atoms with Gasteiger partial charge in [0.1, 0.15) is 0 Å². The van der Waals surface area contributed by atoms with Gasteiger partial charge < -0.3 is 10.2 Å². The van der Waals surface area contributed by atoms with Gasteiger partial charge in [0.05, 0.1) is 4.90 Å². The smallest absolute Gasteiger partial charge is 0.238 e. The van der Waals surface area contributed by atoms with Gasteiger partial charge in [-0.25, -0.2) is 13.6 Å². The molecule has 32 heavy (non-hydrogen) atoms. The summed E-state index contributed by atoms with van der Waals surface area (Å²) >= 11 is 0. The van der Waals surface area contributed by atoms with Crippen molar-refractivity contribution < 1.29 is 8.42 Å². The maximum atomic E-state index is 11.7. The van der Waals surface area contributed by atoms with Crippen molar-refractivity contribution in [3.63, 3.8) is 0 Å². The molecule has 0 amide bonds. The Morgan fingerprint density at radius 2 is 1.81 bits per heavy atom. The minimum Gasteiger partial charge on any atom is -0.367 e. The van der Waals surface area contributed by atoms with E-state index in [0.717, 1.165) is 37.5 Å². The zero-order valence-electron chi connectivity index (χ0n) is 19.2. The molecule has 0 aromatic heterocycles. The van der Waals surface area contributed by atoms with Crippen LogP contribution in [-0.4, -0.2) is 21.0 Å². The third-order valence-electron chi connectivity index (χ3n) is 7.15. The lowest BCUT2D eigenvalue weighted by Gasteiger charge is -2.33. The molecule has 1 heterocycles. The second-order valence-electron chi connectivity index (χ2n) is 9.65. The van der Waals surface area contributed by atoms with Crippen LogP contribution in [0.1, 0.15) is 68.6 Å². The highest BCUT2D eigenvalue weighted by atomic mass is 32.2. The lowest BCUT2D eigenvalue weighted by Crippen LogP contribution is -2.33. The molecule has 0 spiro atoms. The van der Waals surface area contributed by atoms with E-state index in [1.807, 2.05) is 6.07 Å². The summed E-state index contributed by atoms with van der Waals surface area (Å²) in [6.45, 7) is 4.86. The normalized spacial score (nSPS) is 18.8. The molecule has 2 aromatic carbocycles. The summed E-state index contributed by atoms with van der Waals surface area (Å²) in [6, 6.07) is 14.4. The van der Waals surface area contributed by atoms with Gasteiger partial charge in [0.25, 0.3) is 0 Å². The zero-order chi connectivity index (χ0) is 22.6. The number of nitrogens with one attached hydrogen (secondary N) is 1. The van der Waals surface area contributed by atoms with Crippen LogP contribution in [0.3, 0.4) is 0 Å². The summed E-state index contributed by atoms with van der Waals surface area (Å²) in [5, 5.41) is 9.09. The van der Waals surface area contributed by atoms with E-state index in [1.54, 1.807) is 12.1 Å². The number of benzene rings is 2. The van der Waals surface area contributed by atoms with Crippen LogP contribution < -0.4 is 15.4 Å². The molecule has 0 bridgehead atoms. The molecule has 0 radical (unpaired) electrons. The largest absolute Gasteiger partial charge is 0.367 e. The molecule has 4 rings (SSSR count). The Morgan fingerprint density at radius 1 is 1.06 bits per heavy atom. The first kappa shape index (κ1) is 23.3. The van der Waals surface area contributed by atoms with Gasteiger partial charge in [0.15, 0.2) is 0 Å². The summed E-state index contributed by atoms with van der Waals surface area (Å²) in [5.41, 5.74) is 4.85. The number of nitrogens with zero attached hydrogens (tertiary/aromatic N) is 1. The Hall–Kier alpha value is -1.89. The highest BCUT2D eigenvalue weighted by molar-refractivity contribution is 7.89. The lowest BCUT2D eigenvalue weighted by atomic mass is 9.93. The monoisotopic (exact) mass is 455 g/mol. The fourth-order valence-corrected chi connectivity index (χ4v) is 5.91. The minimum atomic E-state index is -3.66. The number of para-hydroxylation sites is 1. The number of hydrogen-bond donors (Lipinski definition) is 2. The molecule has 1 saturated carbocycles. The Labute approximate surface area is 193 Å². The Balaban J connectivity index is 1.40. The first-order valence-corrected chi connectivity index (χ1v) is 13.7. The van der Waals surface area contributed by atoms with E-state index in [9.17, 15) is 8.42 Å². The molecule has 1 fully saturated rings. The van der Waals surface area contributed by atoms with Crippen molar-refractivity contribution in [2.75, 3.05) is 11.4 Å². The van der Waals surface area contributed by atoms with E-state index in [2.05, 4.69) is 41.4 Å². The van der Waals surface area contributed by atoms with Crippen molar-refractivity contribution in [3.8, 4) is 0 Å². The van der Waals surface area contributed by atoms with E-state index in [1.165, 1.54) is 61.8 Å². The molecule has 3 N–H and O–H groups in total. The Kier molecular flexibility index (Phi) is 7.54. The fourth-order valence-electron chi connectivity index (χ4n) is 5.35. The van der Waals surface area contributed by atoms with E-state index in [4.69, 9.17) is 5.14 Å². The average Bonchev–Trinajstić information content (AvgIpc) is 3.05. The first-order chi connectivity index (χ1) is 15.4. The number of rotatable bonds is 7. The van der Waals surface area contributed by atoms with Gasteiger partial charge in [-0.05, 0) is 60.6 Å². The molecular weight excluding hydrogens is 418 g/mol. The Morgan fingerprint density at radius 3 is 2.56 bits per heavy atom. The van der Waals surface area contributed by atoms with Crippen molar-refractivity contribution in [2.45, 2.75) is 82.3 Å². The molecule has 1 atom stereocenters. The third kappa shape index (κ3) is 5.91. The van der Waals surface area contributed by atoms with Crippen molar-refractivity contribution in [2.24, 2.45) is 11.1 Å². The average molecular weight is 456 g/mol. The lowest BCUT2D eigenvalue weighted by molar-refractivity contribution is 0.363. The van der Waals surface area contributed by atoms with Crippen molar-refractivity contribution in [1.29, 1.82) is 0 Å². The van der Waals surface area contributed by atoms with Gasteiger partial charge in [0, 0.05) is 31.4 Å². The minimum absolute atomic E-state index is 0.206. The summed E-state index contributed by atoms with van der Waals surface area (Å²) in [6.07, 6.45) is 10.5. The molecular formula is C26H37N3O2S. The van der Waals surface area contributed by atoms with Crippen LogP contribution in [0.25, 0.3) is 0 Å². The summed E-state index contributed by atoms with van der Waals surface area (Å²) < 4.78 is 23.4. The van der Waals surface area contributed by atoms with E-state index in [-0.39, 0.29) is 4.90 Å². The molecule has 2 aromatic rings. The van der Waals surface area contributed by atoms with Crippen LogP contribution >= 0.6 is 0 Å². The predicted octanol–water partition coefficient (Wildman–Crippen LogP) is 4.74. The molecule has 0 unspecified atom stereocenters. The number of anilines is 1. The second-order valence-corrected chi connectivity index (χ2v) is 11.2. The quantitative estimate of drug-likeness (QED) is 0.592. The highest BCUT2D eigenvalue weighted by Gasteiger charge is 2.21. The molecule has 1 aliphatic heterocycles.